The van der Waals surface area contributed by atoms with E-state index in [-0.39, 0.29) is 12.5 Å². The Morgan fingerprint density at radius 1 is 1.33 bits per heavy atom. The summed E-state index contributed by atoms with van der Waals surface area (Å²) in [5.74, 6) is -0.297. The van der Waals surface area contributed by atoms with Crippen molar-refractivity contribution < 1.29 is 9.59 Å². The number of hydrogen-bond donors (Lipinski definition) is 1. The largest absolute Gasteiger partial charge is 0.325 e. The van der Waals surface area contributed by atoms with Crippen molar-refractivity contribution in [1.29, 1.82) is 0 Å². The molecule has 1 saturated heterocycles. The third-order valence-electron chi connectivity index (χ3n) is 4.77. The normalized spacial score (nSPS) is 22.8. The van der Waals surface area contributed by atoms with Crippen LogP contribution in [0.5, 0.6) is 0 Å². The SMILES string of the molecule is C[C@@]1(c2ccc3c(c2)CCC3)NC(=O)N(Cc2nnsc2Cl)C1=O. The number of aryl methyl sites for hydroxylation is 2. The van der Waals surface area contributed by atoms with Crippen molar-refractivity contribution in [3.05, 3.63) is 44.9 Å². The average molecular weight is 363 g/mol. The lowest BCUT2D eigenvalue weighted by molar-refractivity contribution is -0.131. The summed E-state index contributed by atoms with van der Waals surface area (Å²) in [7, 11) is 0. The van der Waals surface area contributed by atoms with Gasteiger partial charge >= 0.3 is 6.03 Å². The molecule has 2 aromatic rings. The summed E-state index contributed by atoms with van der Waals surface area (Å²) in [5, 5.41) is 6.70. The number of halogens is 1. The van der Waals surface area contributed by atoms with Crippen LogP contribution >= 0.6 is 23.1 Å². The summed E-state index contributed by atoms with van der Waals surface area (Å²) in [5.41, 5.74) is 2.78. The Morgan fingerprint density at radius 2 is 2.12 bits per heavy atom. The molecule has 124 valence electrons. The van der Waals surface area contributed by atoms with E-state index in [2.05, 4.69) is 21.0 Å². The van der Waals surface area contributed by atoms with E-state index >= 15 is 0 Å². The number of carbonyl (C=O) groups is 2. The van der Waals surface area contributed by atoms with Crippen LogP contribution in [0, 0.1) is 0 Å². The maximum Gasteiger partial charge on any atom is 0.325 e. The monoisotopic (exact) mass is 362 g/mol. The van der Waals surface area contributed by atoms with Crippen molar-refractivity contribution in [2.24, 2.45) is 0 Å². The number of imide groups is 1. The Bertz CT molecular complexity index is 852. The molecule has 6 nitrogen and oxygen atoms in total. The molecule has 24 heavy (non-hydrogen) atoms. The summed E-state index contributed by atoms with van der Waals surface area (Å²) >= 11 is 7.02. The molecule has 0 saturated carbocycles. The first-order valence-electron chi connectivity index (χ1n) is 7.72. The third-order valence-corrected chi connectivity index (χ3v) is 5.75. The van der Waals surface area contributed by atoms with E-state index in [4.69, 9.17) is 11.6 Å². The Balaban J connectivity index is 1.65. The molecule has 1 atom stereocenters. The number of aromatic nitrogens is 2. The number of fused-ring (bicyclic) bond motifs is 1. The second kappa shape index (κ2) is 5.53. The van der Waals surface area contributed by atoms with E-state index in [0.29, 0.717) is 10.0 Å². The van der Waals surface area contributed by atoms with Crippen molar-refractivity contribution in [1.82, 2.24) is 19.8 Å². The fourth-order valence-electron chi connectivity index (χ4n) is 3.36. The zero-order chi connectivity index (χ0) is 16.9. The summed E-state index contributed by atoms with van der Waals surface area (Å²) in [6.07, 6.45) is 3.23. The van der Waals surface area contributed by atoms with Gasteiger partial charge in [0.05, 0.1) is 6.54 Å². The second-order valence-electron chi connectivity index (χ2n) is 6.28. The Kier molecular flexibility index (Phi) is 3.58. The van der Waals surface area contributed by atoms with Crippen LogP contribution in [0.25, 0.3) is 0 Å². The first-order chi connectivity index (χ1) is 11.5. The predicted octanol–water partition coefficient (Wildman–Crippen LogP) is 2.65. The van der Waals surface area contributed by atoms with E-state index in [1.807, 2.05) is 12.1 Å². The topological polar surface area (TPSA) is 75.2 Å². The zero-order valence-electron chi connectivity index (χ0n) is 13.0. The number of nitrogens with zero attached hydrogens (tertiary/aromatic N) is 3. The number of urea groups is 1. The van der Waals surface area contributed by atoms with Crippen molar-refractivity contribution in [3.63, 3.8) is 0 Å². The van der Waals surface area contributed by atoms with Gasteiger partial charge < -0.3 is 5.32 Å². The average Bonchev–Trinajstić information content (AvgIpc) is 3.23. The number of carbonyl (C=O) groups excluding carboxylic acids is 2. The van der Waals surface area contributed by atoms with Crippen molar-refractivity contribution in [2.75, 3.05) is 0 Å². The summed E-state index contributed by atoms with van der Waals surface area (Å²) in [6.45, 7) is 1.77. The lowest BCUT2D eigenvalue weighted by atomic mass is 9.89. The lowest BCUT2D eigenvalue weighted by Crippen LogP contribution is -2.41. The number of nitrogens with one attached hydrogen (secondary N) is 1. The molecule has 2 heterocycles. The molecule has 0 unspecified atom stereocenters. The minimum atomic E-state index is -1.06. The molecular weight excluding hydrogens is 348 g/mol. The summed E-state index contributed by atoms with van der Waals surface area (Å²) < 4.78 is 4.13. The van der Waals surface area contributed by atoms with Gasteiger partial charge in [-0.1, -0.05) is 34.3 Å². The van der Waals surface area contributed by atoms with Crippen LogP contribution < -0.4 is 5.32 Å². The van der Waals surface area contributed by atoms with Crippen LogP contribution in [0.15, 0.2) is 18.2 Å². The van der Waals surface area contributed by atoms with E-state index in [9.17, 15) is 9.59 Å². The fourth-order valence-corrected chi connectivity index (χ4v) is 3.97. The molecular formula is C16H15ClN4O2S. The Labute approximate surface area is 148 Å². The fraction of sp³-hybridized carbons (Fsp3) is 0.375. The van der Waals surface area contributed by atoms with Gasteiger partial charge in [-0.15, -0.1) is 5.10 Å². The number of amides is 3. The maximum atomic E-state index is 12.9. The lowest BCUT2D eigenvalue weighted by Gasteiger charge is -2.23. The highest BCUT2D eigenvalue weighted by Gasteiger charge is 2.49. The first kappa shape index (κ1) is 15.5. The minimum absolute atomic E-state index is 0.0283. The Hall–Kier alpha value is -1.99. The molecule has 1 aliphatic carbocycles. The van der Waals surface area contributed by atoms with E-state index in [1.54, 1.807) is 6.92 Å². The highest BCUT2D eigenvalue weighted by atomic mass is 35.5. The molecule has 1 fully saturated rings. The molecule has 8 heteroatoms. The first-order valence-corrected chi connectivity index (χ1v) is 8.87. The van der Waals surface area contributed by atoms with Gasteiger partial charge in [0.2, 0.25) is 0 Å². The van der Waals surface area contributed by atoms with Crippen LogP contribution in [0.1, 0.15) is 35.7 Å². The third kappa shape index (κ3) is 2.31. The number of benzene rings is 1. The zero-order valence-corrected chi connectivity index (χ0v) is 14.6. The smallest absolute Gasteiger partial charge is 0.319 e. The van der Waals surface area contributed by atoms with Gasteiger partial charge in [-0.25, -0.2) is 4.79 Å². The Morgan fingerprint density at radius 3 is 2.88 bits per heavy atom. The molecule has 0 spiro atoms. The number of rotatable bonds is 3. The van der Waals surface area contributed by atoms with E-state index in [1.165, 1.54) is 11.1 Å². The predicted molar refractivity (Wildman–Crippen MR) is 89.8 cm³/mol. The van der Waals surface area contributed by atoms with E-state index in [0.717, 1.165) is 41.3 Å². The molecule has 4 rings (SSSR count). The molecule has 1 N–H and O–H groups in total. The number of hydrogen-bond acceptors (Lipinski definition) is 5. The highest BCUT2D eigenvalue weighted by Crippen LogP contribution is 2.33. The van der Waals surface area contributed by atoms with Gasteiger partial charge in [0, 0.05) is 11.5 Å². The van der Waals surface area contributed by atoms with Gasteiger partial charge in [-0.05, 0) is 42.9 Å². The van der Waals surface area contributed by atoms with E-state index < -0.39 is 11.6 Å². The molecule has 2 aliphatic rings. The van der Waals surface area contributed by atoms with Crippen LogP contribution in [-0.2, 0) is 29.7 Å². The summed E-state index contributed by atoms with van der Waals surface area (Å²) in [6, 6.07) is 5.60. The maximum absolute atomic E-state index is 12.9. The molecule has 1 aromatic carbocycles. The van der Waals surface area contributed by atoms with Crippen LogP contribution in [0.3, 0.4) is 0 Å². The summed E-state index contributed by atoms with van der Waals surface area (Å²) in [4.78, 5) is 26.4. The van der Waals surface area contributed by atoms with Crippen LogP contribution in [0.2, 0.25) is 4.34 Å². The molecule has 1 aromatic heterocycles. The van der Waals surface area contributed by atoms with Crippen molar-refractivity contribution in [3.8, 4) is 0 Å². The second-order valence-corrected chi connectivity index (χ2v) is 7.63. The quantitative estimate of drug-likeness (QED) is 0.852. The molecule has 0 bridgehead atoms. The minimum Gasteiger partial charge on any atom is -0.319 e. The molecule has 1 aliphatic heterocycles. The molecule has 3 amide bonds. The van der Waals surface area contributed by atoms with Gasteiger partial charge in [0.1, 0.15) is 15.6 Å². The molecule has 0 radical (unpaired) electrons. The standard InChI is InChI=1S/C16H15ClN4O2S/c1-16(11-6-5-9-3-2-4-10(9)7-11)14(22)21(15(23)18-16)8-12-13(17)24-20-19-12/h5-7H,2-4,8H2,1H3,(H,18,23)/t16-/m0/s1. The van der Waals surface area contributed by atoms with Gasteiger partial charge in [0.15, 0.2) is 0 Å². The van der Waals surface area contributed by atoms with Crippen molar-refractivity contribution >= 4 is 35.1 Å². The van der Waals surface area contributed by atoms with Crippen LogP contribution in [-0.4, -0.2) is 26.4 Å². The highest BCUT2D eigenvalue weighted by molar-refractivity contribution is 7.10. The van der Waals surface area contributed by atoms with Crippen molar-refractivity contribution in [2.45, 2.75) is 38.3 Å². The van der Waals surface area contributed by atoms with Gasteiger partial charge in [-0.2, -0.15) is 0 Å². The van der Waals surface area contributed by atoms with Gasteiger partial charge in [-0.3, -0.25) is 9.69 Å². The van der Waals surface area contributed by atoms with Crippen LogP contribution in [0.4, 0.5) is 4.79 Å². The van der Waals surface area contributed by atoms with Gasteiger partial charge in [0.25, 0.3) is 5.91 Å².